The van der Waals surface area contributed by atoms with Gasteiger partial charge in [0, 0.05) is 57.3 Å². The van der Waals surface area contributed by atoms with Crippen molar-refractivity contribution in [3.63, 3.8) is 0 Å². The van der Waals surface area contributed by atoms with Gasteiger partial charge in [0.25, 0.3) is 0 Å². The van der Waals surface area contributed by atoms with Gasteiger partial charge in [-0.05, 0) is 105 Å². The Morgan fingerprint density at radius 3 is 1.82 bits per heavy atom. The van der Waals surface area contributed by atoms with Crippen molar-refractivity contribution in [1.29, 1.82) is 0 Å². The lowest BCUT2D eigenvalue weighted by molar-refractivity contribution is 1.28. The molecule has 2 aromatic heterocycles. The zero-order valence-corrected chi connectivity index (χ0v) is 31.4. The summed E-state index contributed by atoms with van der Waals surface area (Å²) in [6.07, 6.45) is 0. The fraction of sp³-hybridized carbons (Fsp3) is 0. The van der Waals surface area contributed by atoms with Gasteiger partial charge in [0.1, 0.15) is 0 Å². The molecule has 0 N–H and O–H groups in total. The van der Waals surface area contributed by atoms with Crippen LogP contribution in [0.3, 0.4) is 0 Å². The van der Waals surface area contributed by atoms with Gasteiger partial charge in [-0.25, -0.2) is 0 Å². The van der Waals surface area contributed by atoms with E-state index in [9.17, 15) is 0 Å². The van der Waals surface area contributed by atoms with E-state index in [1.54, 1.807) is 0 Å². The minimum absolute atomic E-state index is 1.11. The Bertz CT molecular complexity index is 3220. The molecule has 11 rings (SSSR count). The van der Waals surface area contributed by atoms with E-state index in [0.717, 1.165) is 17.1 Å². The van der Waals surface area contributed by atoms with Gasteiger partial charge in [0.05, 0.1) is 5.69 Å². The number of rotatable bonds is 6. The molecule has 11 aromatic rings. The molecule has 3 heteroatoms. The number of fused-ring (bicyclic) bond motifs is 7. The van der Waals surface area contributed by atoms with Crippen molar-refractivity contribution in [3.8, 4) is 33.4 Å². The highest BCUT2D eigenvalue weighted by Crippen LogP contribution is 2.45. The van der Waals surface area contributed by atoms with Gasteiger partial charge >= 0.3 is 0 Å². The fourth-order valence-electron chi connectivity index (χ4n) is 8.23. The molecule has 0 aliphatic heterocycles. The second-order valence-electron chi connectivity index (χ2n) is 14.1. The van der Waals surface area contributed by atoms with E-state index in [1.807, 2.05) is 22.7 Å². The predicted octanol–water partition coefficient (Wildman–Crippen LogP) is 16.0. The van der Waals surface area contributed by atoms with Gasteiger partial charge in [-0.15, -0.1) is 22.7 Å². The second-order valence-corrected chi connectivity index (χ2v) is 16.3. The molecule has 0 saturated heterocycles. The minimum Gasteiger partial charge on any atom is -0.310 e. The molecule has 0 radical (unpaired) electrons. The Balaban J connectivity index is 1.08. The number of nitrogens with zero attached hydrogens (tertiary/aromatic N) is 1. The molecule has 55 heavy (non-hydrogen) atoms. The van der Waals surface area contributed by atoms with Crippen LogP contribution in [0.25, 0.3) is 84.5 Å². The van der Waals surface area contributed by atoms with E-state index >= 15 is 0 Å². The van der Waals surface area contributed by atoms with Crippen molar-refractivity contribution < 1.29 is 0 Å². The van der Waals surface area contributed by atoms with E-state index in [0.29, 0.717) is 0 Å². The molecule has 2 heterocycles. The van der Waals surface area contributed by atoms with Crippen molar-refractivity contribution in [2.45, 2.75) is 0 Å². The Hall–Kier alpha value is -6.52. The average molecular weight is 736 g/mol. The van der Waals surface area contributed by atoms with Crippen molar-refractivity contribution in [2.24, 2.45) is 0 Å². The summed E-state index contributed by atoms with van der Waals surface area (Å²) in [6, 6.07) is 73.5. The molecule has 0 unspecified atom stereocenters. The largest absolute Gasteiger partial charge is 0.310 e. The molecule has 0 atom stereocenters. The fourth-order valence-corrected chi connectivity index (χ4v) is 10.5. The maximum atomic E-state index is 2.43. The molecule has 0 bridgehead atoms. The highest BCUT2D eigenvalue weighted by Gasteiger charge is 2.19. The maximum absolute atomic E-state index is 2.43. The van der Waals surface area contributed by atoms with Gasteiger partial charge in [-0.2, -0.15) is 0 Å². The molecule has 0 aliphatic carbocycles. The zero-order valence-electron chi connectivity index (χ0n) is 29.8. The first-order chi connectivity index (χ1) is 27.2. The SMILES string of the molecule is c1cc(-c2cccc3sc4ccccc4c23)cc(N(c2ccc(-c3ccc4sc5ccccc5c4c3)cc2)c2ccccc2-c2ccc3ccccc3c2)c1. The van der Waals surface area contributed by atoms with Gasteiger partial charge in [0.15, 0.2) is 0 Å². The van der Waals surface area contributed by atoms with Crippen LogP contribution in [-0.4, -0.2) is 0 Å². The summed E-state index contributed by atoms with van der Waals surface area (Å²) in [6.45, 7) is 0. The second kappa shape index (κ2) is 13.1. The summed E-state index contributed by atoms with van der Waals surface area (Å²) in [5, 5.41) is 7.75. The lowest BCUT2D eigenvalue weighted by Crippen LogP contribution is -2.11. The van der Waals surface area contributed by atoms with E-state index in [2.05, 4.69) is 205 Å². The van der Waals surface area contributed by atoms with Crippen LogP contribution in [0.2, 0.25) is 0 Å². The summed E-state index contributed by atoms with van der Waals surface area (Å²) >= 11 is 3.73. The predicted molar refractivity (Wildman–Crippen MR) is 241 cm³/mol. The van der Waals surface area contributed by atoms with Gasteiger partial charge in [-0.1, -0.05) is 133 Å². The molecular formula is C52H33NS2. The van der Waals surface area contributed by atoms with Gasteiger partial charge in [-0.3, -0.25) is 0 Å². The first-order valence-corrected chi connectivity index (χ1v) is 20.3. The van der Waals surface area contributed by atoms with E-state index in [1.165, 1.54) is 84.5 Å². The Labute approximate surface area is 327 Å². The van der Waals surface area contributed by atoms with Gasteiger partial charge in [0.2, 0.25) is 0 Å². The van der Waals surface area contributed by atoms with E-state index in [4.69, 9.17) is 0 Å². The molecule has 0 aliphatic rings. The van der Waals surface area contributed by atoms with E-state index < -0.39 is 0 Å². The molecule has 0 spiro atoms. The molecule has 0 fully saturated rings. The van der Waals surface area contributed by atoms with Crippen molar-refractivity contribution in [3.05, 3.63) is 200 Å². The quantitative estimate of drug-likeness (QED) is 0.164. The standard InChI is InChI=1S/C52H33NS2/c1-2-12-36-31-39(24-23-34(36)11-1)42-15-3-6-19-47(42)53(40-28-25-35(26-29-40)37-27-30-50-46(33-37)44-16-4-7-20-48(44)54-50)41-14-9-13-38(32-41)43-18-10-22-51-52(43)45-17-5-8-21-49(45)55-51/h1-33H. The van der Waals surface area contributed by atoms with Crippen molar-refractivity contribution >= 4 is 90.9 Å². The smallest absolute Gasteiger partial charge is 0.0540 e. The van der Waals surface area contributed by atoms with Crippen LogP contribution in [0, 0.1) is 0 Å². The highest BCUT2D eigenvalue weighted by atomic mass is 32.1. The third kappa shape index (κ3) is 5.51. The van der Waals surface area contributed by atoms with Gasteiger partial charge < -0.3 is 4.90 Å². The van der Waals surface area contributed by atoms with Crippen LogP contribution >= 0.6 is 22.7 Å². The monoisotopic (exact) mass is 735 g/mol. The number of anilines is 3. The minimum atomic E-state index is 1.11. The number of para-hydroxylation sites is 1. The lowest BCUT2D eigenvalue weighted by Gasteiger charge is -2.28. The number of hydrogen-bond acceptors (Lipinski definition) is 3. The molecule has 0 amide bonds. The average Bonchev–Trinajstić information content (AvgIpc) is 3.82. The first kappa shape index (κ1) is 32.0. The normalized spacial score (nSPS) is 11.6. The topological polar surface area (TPSA) is 3.24 Å². The van der Waals surface area contributed by atoms with Crippen LogP contribution < -0.4 is 4.90 Å². The zero-order chi connectivity index (χ0) is 36.3. The van der Waals surface area contributed by atoms with Crippen LogP contribution in [0.1, 0.15) is 0 Å². The summed E-state index contributed by atoms with van der Waals surface area (Å²) in [5.74, 6) is 0. The summed E-state index contributed by atoms with van der Waals surface area (Å²) in [7, 11) is 0. The third-order valence-electron chi connectivity index (χ3n) is 10.9. The van der Waals surface area contributed by atoms with Crippen LogP contribution in [-0.2, 0) is 0 Å². The molecule has 258 valence electrons. The van der Waals surface area contributed by atoms with Crippen molar-refractivity contribution in [2.75, 3.05) is 4.90 Å². The number of benzene rings is 9. The Kier molecular flexibility index (Phi) is 7.61. The summed E-state index contributed by atoms with van der Waals surface area (Å²) in [4.78, 5) is 2.43. The molecule has 9 aromatic carbocycles. The highest BCUT2D eigenvalue weighted by molar-refractivity contribution is 7.26. The van der Waals surface area contributed by atoms with Crippen LogP contribution in [0.15, 0.2) is 200 Å². The Morgan fingerprint density at radius 2 is 0.927 bits per heavy atom. The maximum Gasteiger partial charge on any atom is 0.0540 e. The number of thiophene rings is 2. The summed E-state index contributed by atoms with van der Waals surface area (Å²) in [5.41, 5.74) is 10.6. The van der Waals surface area contributed by atoms with Crippen LogP contribution in [0.5, 0.6) is 0 Å². The Morgan fingerprint density at radius 1 is 0.309 bits per heavy atom. The van der Waals surface area contributed by atoms with Crippen molar-refractivity contribution in [1.82, 2.24) is 0 Å². The van der Waals surface area contributed by atoms with Crippen LogP contribution in [0.4, 0.5) is 17.1 Å². The summed E-state index contributed by atoms with van der Waals surface area (Å²) < 4.78 is 5.28. The third-order valence-corrected chi connectivity index (χ3v) is 13.1. The molecular weight excluding hydrogens is 703 g/mol. The molecule has 1 nitrogen and oxygen atoms in total. The molecule has 0 saturated carbocycles. The number of hydrogen-bond donors (Lipinski definition) is 0. The first-order valence-electron chi connectivity index (χ1n) is 18.7. The lowest BCUT2D eigenvalue weighted by atomic mass is 9.97. The van der Waals surface area contributed by atoms with E-state index in [-0.39, 0.29) is 0 Å².